The van der Waals surface area contributed by atoms with Crippen molar-refractivity contribution >= 4 is 10.0 Å². The lowest BCUT2D eigenvalue weighted by Crippen LogP contribution is -2.43. The van der Waals surface area contributed by atoms with E-state index in [-0.39, 0.29) is 5.25 Å². The molecule has 114 valence electrons. The highest BCUT2D eigenvalue weighted by Gasteiger charge is 2.22. The van der Waals surface area contributed by atoms with Gasteiger partial charge in [0.15, 0.2) is 0 Å². The van der Waals surface area contributed by atoms with Crippen LogP contribution < -0.4 is 4.72 Å². The number of nitrogens with zero attached hydrogens (tertiary/aromatic N) is 1. The summed E-state index contributed by atoms with van der Waals surface area (Å²) in [5.74, 6) is 0.420. The second-order valence-electron chi connectivity index (χ2n) is 5.45. The molecule has 0 amide bonds. The van der Waals surface area contributed by atoms with Crippen LogP contribution in [0.4, 0.5) is 0 Å². The van der Waals surface area contributed by atoms with E-state index in [0.717, 1.165) is 45.7 Å². The molecule has 0 aromatic carbocycles. The van der Waals surface area contributed by atoms with Crippen LogP contribution in [0.3, 0.4) is 0 Å². The van der Waals surface area contributed by atoms with Crippen molar-refractivity contribution in [2.45, 2.75) is 38.9 Å². The Labute approximate surface area is 117 Å². The second-order valence-corrected chi connectivity index (χ2v) is 7.77. The van der Waals surface area contributed by atoms with Crippen molar-refractivity contribution in [2.24, 2.45) is 5.92 Å². The van der Waals surface area contributed by atoms with Crippen molar-refractivity contribution in [3.05, 3.63) is 0 Å². The van der Waals surface area contributed by atoms with Gasteiger partial charge in [0.25, 0.3) is 0 Å². The van der Waals surface area contributed by atoms with Crippen molar-refractivity contribution < 1.29 is 13.2 Å². The number of ether oxygens (including phenoxy) is 1. The summed E-state index contributed by atoms with van der Waals surface area (Å²) in [4.78, 5) is 2.37. The summed E-state index contributed by atoms with van der Waals surface area (Å²) < 4.78 is 31.5. The molecule has 1 rings (SSSR count). The summed E-state index contributed by atoms with van der Waals surface area (Å²) in [7, 11) is -3.13. The molecule has 0 spiro atoms. The zero-order valence-electron chi connectivity index (χ0n) is 12.4. The average Bonchev–Trinajstić information content (AvgIpc) is 2.37. The molecule has 1 saturated heterocycles. The highest BCUT2D eigenvalue weighted by atomic mass is 32.2. The topological polar surface area (TPSA) is 58.6 Å². The lowest BCUT2D eigenvalue weighted by atomic mass is 9.98. The highest BCUT2D eigenvalue weighted by molar-refractivity contribution is 7.90. The maximum Gasteiger partial charge on any atom is 0.213 e. The molecule has 0 radical (unpaired) electrons. The van der Waals surface area contributed by atoms with Crippen LogP contribution in [0.1, 0.15) is 33.6 Å². The lowest BCUT2D eigenvalue weighted by molar-refractivity contribution is 0.0924. The molecule has 0 aromatic heterocycles. The number of hydrogen-bond acceptors (Lipinski definition) is 4. The quantitative estimate of drug-likeness (QED) is 0.680. The molecular weight excluding hydrogens is 264 g/mol. The van der Waals surface area contributed by atoms with Crippen molar-refractivity contribution in [1.82, 2.24) is 9.62 Å². The van der Waals surface area contributed by atoms with Crippen LogP contribution in [-0.2, 0) is 14.8 Å². The van der Waals surface area contributed by atoms with Gasteiger partial charge < -0.3 is 9.64 Å². The Morgan fingerprint density at radius 2 is 2.16 bits per heavy atom. The molecule has 19 heavy (non-hydrogen) atoms. The number of hydrogen-bond donors (Lipinski definition) is 1. The van der Waals surface area contributed by atoms with E-state index in [1.165, 1.54) is 0 Å². The summed E-state index contributed by atoms with van der Waals surface area (Å²) in [5.41, 5.74) is 0. The van der Waals surface area contributed by atoms with Gasteiger partial charge in [0, 0.05) is 26.2 Å². The summed E-state index contributed by atoms with van der Waals surface area (Å²) in [6.45, 7) is 10.5. The Hall–Kier alpha value is -0.170. The fourth-order valence-corrected chi connectivity index (χ4v) is 3.06. The predicted octanol–water partition coefficient (Wildman–Crippen LogP) is 1.06. The molecule has 1 N–H and O–H groups in total. The zero-order valence-corrected chi connectivity index (χ0v) is 13.2. The molecule has 0 unspecified atom stereocenters. The number of nitrogens with one attached hydrogen (secondary N) is 1. The third kappa shape index (κ3) is 6.21. The maximum absolute atomic E-state index is 11.7. The Bertz CT molecular complexity index is 344. The summed E-state index contributed by atoms with van der Waals surface area (Å²) in [6.07, 6.45) is 2.24. The second kappa shape index (κ2) is 8.19. The minimum atomic E-state index is -3.13. The van der Waals surface area contributed by atoms with E-state index in [1.807, 2.05) is 6.92 Å². The number of sulfonamides is 1. The molecule has 0 aromatic rings. The summed E-state index contributed by atoms with van der Waals surface area (Å²) in [5, 5.41) is -0.356. The average molecular weight is 292 g/mol. The minimum absolute atomic E-state index is 0.356. The first-order chi connectivity index (χ1) is 8.95. The van der Waals surface area contributed by atoms with Gasteiger partial charge >= 0.3 is 0 Å². The van der Waals surface area contributed by atoms with Gasteiger partial charge in [0.1, 0.15) is 0 Å². The molecule has 0 bridgehead atoms. The van der Waals surface area contributed by atoms with Crippen LogP contribution in [0, 0.1) is 5.92 Å². The van der Waals surface area contributed by atoms with Gasteiger partial charge in [-0.2, -0.15) is 0 Å². The lowest BCUT2D eigenvalue weighted by Gasteiger charge is -2.32. The van der Waals surface area contributed by atoms with E-state index in [0.29, 0.717) is 12.5 Å². The first-order valence-corrected chi connectivity index (χ1v) is 8.79. The van der Waals surface area contributed by atoms with Crippen LogP contribution in [0.5, 0.6) is 0 Å². The molecule has 1 fully saturated rings. The number of piperidine rings is 1. The molecule has 6 heteroatoms. The minimum Gasteiger partial charge on any atom is -0.380 e. The normalized spacial score (nSPS) is 22.0. The van der Waals surface area contributed by atoms with E-state index in [4.69, 9.17) is 4.74 Å². The summed E-state index contributed by atoms with van der Waals surface area (Å²) >= 11 is 0. The van der Waals surface area contributed by atoms with Crippen molar-refractivity contribution in [3.63, 3.8) is 0 Å². The molecule has 1 heterocycles. The van der Waals surface area contributed by atoms with Crippen LogP contribution in [-0.4, -0.2) is 58.0 Å². The molecular formula is C13H28N2O3S. The molecule has 0 aliphatic carbocycles. The summed E-state index contributed by atoms with van der Waals surface area (Å²) in [6, 6.07) is 0. The van der Waals surface area contributed by atoms with E-state index >= 15 is 0 Å². The van der Waals surface area contributed by atoms with E-state index in [9.17, 15) is 8.42 Å². The molecule has 1 aliphatic rings. The van der Waals surface area contributed by atoms with Crippen molar-refractivity contribution in [1.29, 1.82) is 0 Å². The van der Waals surface area contributed by atoms with Gasteiger partial charge in [0.2, 0.25) is 10.0 Å². The van der Waals surface area contributed by atoms with Gasteiger partial charge in [-0.25, -0.2) is 13.1 Å². The van der Waals surface area contributed by atoms with Gasteiger partial charge in [0.05, 0.1) is 11.9 Å². The Morgan fingerprint density at radius 1 is 1.42 bits per heavy atom. The van der Waals surface area contributed by atoms with Gasteiger partial charge in [-0.3, -0.25) is 0 Å². The van der Waals surface area contributed by atoms with Crippen LogP contribution in [0.2, 0.25) is 0 Å². The zero-order chi connectivity index (χ0) is 14.3. The first-order valence-electron chi connectivity index (χ1n) is 7.24. The standard InChI is InChI=1S/C13H28N2O3S/c1-4-18-9-8-15-7-5-6-13(11-15)10-14-19(16,17)12(2)3/h12-14H,4-11H2,1-3H3/t13-/m0/s1. The Balaban J connectivity index is 2.31. The number of rotatable bonds is 8. The van der Waals surface area contributed by atoms with Crippen molar-refractivity contribution in [2.75, 3.05) is 39.4 Å². The highest BCUT2D eigenvalue weighted by Crippen LogP contribution is 2.16. The Kier molecular flexibility index (Phi) is 7.28. The largest absolute Gasteiger partial charge is 0.380 e. The monoisotopic (exact) mass is 292 g/mol. The molecule has 1 aliphatic heterocycles. The van der Waals surface area contributed by atoms with Gasteiger partial charge in [-0.1, -0.05) is 0 Å². The molecule has 1 atom stereocenters. The van der Waals surface area contributed by atoms with E-state index in [2.05, 4.69) is 9.62 Å². The van der Waals surface area contributed by atoms with Gasteiger partial charge in [-0.15, -0.1) is 0 Å². The fraction of sp³-hybridized carbons (Fsp3) is 1.00. The third-order valence-corrected chi connectivity index (χ3v) is 5.36. The van der Waals surface area contributed by atoms with Crippen LogP contribution >= 0.6 is 0 Å². The van der Waals surface area contributed by atoms with Crippen LogP contribution in [0.25, 0.3) is 0 Å². The van der Waals surface area contributed by atoms with Crippen molar-refractivity contribution in [3.8, 4) is 0 Å². The smallest absolute Gasteiger partial charge is 0.213 e. The van der Waals surface area contributed by atoms with E-state index in [1.54, 1.807) is 13.8 Å². The predicted molar refractivity (Wildman–Crippen MR) is 77.7 cm³/mol. The first kappa shape index (κ1) is 16.9. The molecule has 0 saturated carbocycles. The Morgan fingerprint density at radius 3 is 2.79 bits per heavy atom. The SMILES string of the molecule is CCOCCN1CCC[C@@H](CNS(=O)(=O)C(C)C)C1. The maximum atomic E-state index is 11.7. The number of likely N-dealkylation sites (tertiary alicyclic amines) is 1. The van der Waals surface area contributed by atoms with Crippen LogP contribution in [0.15, 0.2) is 0 Å². The third-order valence-electron chi connectivity index (χ3n) is 3.55. The van der Waals surface area contributed by atoms with E-state index < -0.39 is 10.0 Å². The van der Waals surface area contributed by atoms with Gasteiger partial charge in [-0.05, 0) is 46.1 Å². The molecule has 5 nitrogen and oxygen atoms in total. The fourth-order valence-electron chi connectivity index (χ4n) is 2.26.